The SMILES string of the molecule is COc1ccc(CN2CCCC[C@@H]3[C@H](OC)CCCN3C(=O)c3ccccc3OCC2)c(C)c1. The molecule has 4 rings (SSSR count). The molecule has 2 aromatic carbocycles. The quantitative estimate of drug-likeness (QED) is 0.654. The Bertz CT molecular complexity index is 963. The second-order valence-corrected chi connectivity index (χ2v) is 9.39. The Morgan fingerprint density at radius 1 is 1.00 bits per heavy atom. The van der Waals surface area contributed by atoms with Gasteiger partial charge in [0.1, 0.15) is 18.1 Å². The first-order chi connectivity index (χ1) is 16.6. The van der Waals surface area contributed by atoms with Crippen molar-refractivity contribution >= 4 is 5.91 Å². The fourth-order valence-electron chi connectivity index (χ4n) is 5.27. The molecule has 2 aromatic rings. The summed E-state index contributed by atoms with van der Waals surface area (Å²) in [6.45, 7) is 6.14. The molecular formula is C28H38N2O4. The molecule has 0 aliphatic carbocycles. The van der Waals surface area contributed by atoms with Gasteiger partial charge in [-0.2, -0.15) is 0 Å². The van der Waals surface area contributed by atoms with E-state index in [1.54, 1.807) is 14.2 Å². The molecule has 2 atom stereocenters. The van der Waals surface area contributed by atoms with Crippen LogP contribution in [-0.4, -0.2) is 68.3 Å². The first kappa shape index (κ1) is 24.6. The zero-order valence-corrected chi connectivity index (χ0v) is 20.8. The van der Waals surface area contributed by atoms with E-state index >= 15 is 0 Å². The van der Waals surface area contributed by atoms with Crippen LogP contribution in [0.15, 0.2) is 42.5 Å². The highest BCUT2D eigenvalue weighted by molar-refractivity contribution is 5.97. The Balaban J connectivity index is 1.55. The van der Waals surface area contributed by atoms with Crippen molar-refractivity contribution in [1.82, 2.24) is 9.80 Å². The summed E-state index contributed by atoms with van der Waals surface area (Å²) in [7, 11) is 3.48. The highest BCUT2D eigenvalue weighted by atomic mass is 16.5. The van der Waals surface area contributed by atoms with Gasteiger partial charge in [0.05, 0.1) is 24.8 Å². The number of ether oxygens (including phenoxy) is 3. The molecule has 2 aliphatic rings. The second-order valence-electron chi connectivity index (χ2n) is 9.39. The van der Waals surface area contributed by atoms with Crippen molar-refractivity contribution in [3.8, 4) is 11.5 Å². The Morgan fingerprint density at radius 3 is 2.65 bits per heavy atom. The van der Waals surface area contributed by atoms with Gasteiger partial charge in [-0.3, -0.25) is 9.69 Å². The van der Waals surface area contributed by atoms with Gasteiger partial charge in [0.2, 0.25) is 0 Å². The number of carbonyl (C=O) groups is 1. The minimum atomic E-state index is 0.0623. The minimum Gasteiger partial charge on any atom is -0.497 e. The Hall–Kier alpha value is -2.57. The molecule has 0 aromatic heterocycles. The third-order valence-corrected chi connectivity index (χ3v) is 7.23. The van der Waals surface area contributed by atoms with Crippen LogP contribution in [0, 0.1) is 6.92 Å². The number of carbonyl (C=O) groups excluding carboxylic acids is 1. The fraction of sp³-hybridized carbons (Fsp3) is 0.536. The van der Waals surface area contributed by atoms with Crippen molar-refractivity contribution < 1.29 is 19.0 Å². The van der Waals surface area contributed by atoms with E-state index in [9.17, 15) is 4.79 Å². The molecule has 1 saturated heterocycles. The fourth-order valence-corrected chi connectivity index (χ4v) is 5.27. The van der Waals surface area contributed by atoms with E-state index in [-0.39, 0.29) is 18.1 Å². The number of amides is 1. The lowest BCUT2D eigenvalue weighted by Gasteiger charge is -2.41. The summed E-state index contributed by atoms with van der Waals surface area (Å²) in [6, 6.07) is 14.1. The zero-order chi connectivity index (χ0) is 23.9. The van der Waals surface area contributed by atoms with Crippen LogP contribution in [-0.2, 0) is 11.3 Å². The van der Waals surface area contributed by atoms with Crippen LogP contribution in [0.1, 0.15) is 53.6 Å². The standard InChI is InChI=1S/C28H38N2O4/c1-21-19-23(32-2)14-13-22(21)20-29-15-7-6-10-25-27(33-3)12-8-16-30(25)28(31)24-9-4-5-11-26(24)34-18-17-29/h4-5,9,11,13-14,19,25,27H,6-8,10,12,15-18,20H2,1-3H3/t25-,27-/m1/s1. The average Bonchev–Trinajstić information content (AvgIpc) is 2.87. The molecule has 0 spiro atoms. The van der Waals surface area contributed by atoms with Crippen molar-refractivity contribution in [1.29, 1.82) is 0 Å². The van der Waals surface area contributed by atoms with Crippen LogP contribution in [0.4, 0.5) is 0 Å². The molecule has 0 N–H and O–H groups in total. The second kappa shape index (κ2) is 11.7. The molecule has 0 radical (unpaired) electrons. The molecule has 0 unspecified atom stereocenters. The molecule has 6 heteroatoms. The van der Waals surface area contributed by atoms with Gasteiger partial charge in [-0.05, 0) is 74.5 Å². The van der Waals surface area contributed by atoms with Gasteiger partial charge < -0.3 is 19.1 Å². The maximum absolute atomic E-state index is 13.6. The molecule has 1 fully saturated rings. The van der Waals surface area contributed by atoms with Gasteiger partial charge in [0.25, 0.3) is 5.91 Å². The van der Waals surface area contributed by atoms with E-state index in [2.05, 4.69) is 24.0 Å². The number of rotatable bonds is 4. The van der Waals surface area contributed by atoms with E-state index in [1.807, 2.05) is 35.2 Å². The van der Waals surface area contributed by atoms with Crippen molar-refractivity contribution in [3.05, 3.63) is 59.2 Å². The van der Waals surface area contributed by atoms with Gasteiger partial charge in [0, 0.05) is 26.7 Å². The molecule has 0 bridgehead atoms. The minimum absolute atomic E-state index is 0.0623. The van der Waals surface area contributed by atoms with Crippen molar-refractivity contribution in [2.45, 2.75) is 57.7 Å². The van der Waals surface area contributed by atoms with E-state index in [1.165, 1.54) is 11.1 Å². The largest absolute Gasteiger partial charge is 0.497 e. The van der Waals surface area contributed by atoms with Gasteiger partial charge in [-0.15, -0.1) is 0 Å². The van der Waals surface area contributed by atoms with Crippen LogP contribution >= 0.6 is 0 Å². The first-order valence-corrected chi connectivity index (χ1v) is 12.5. The molecule has 34 heavy (non-hydrogen) atoms. The van der Waals surface area contributed by atoms with E-state index < -0.39 is 0 Å². The summed E-state index contributed by atoms with van der Waals surface area (Å²) < 4.78 is 17.4. The van der Waals surface area contributed by atoms with E-state index in [0.29, 0.717) is 17.9 Å². The van der Waals surface area contributed by atoms with Crippen molar-refractivity contribution in [3.63, 3.8) is 0 Å². The van der Waals surface area contributed by atoms with Gasteiger partial charge in [-0.1, -0.05) is 24.6 Å². The summed E-state index contributed by atoms with van der Waals surface area (Å²) in [6.07, 6.45) is 5.17. The third-order valence-electron chi connectivity index (χ3n) is 7.23. The lowest BCUT2D eigenvalue weighted by atomic mass is 9.93. The number of methoxy groups -OCH3 is 2. The predicted octanol–water partition coefficient (Wildman–Crippen LogP) is 4.69. The normalized spacial score (nSPS) is 22.4. The van der Waals surface area contributed by atoms with Crippen LogP contribution in [0.3, 0.4) is 0 Å². The summed E-state index contributed by atoms with van der Waals surface area (Å²) >= 11 is 0. The topological polar surface area (TPSA) is 51.2 Å². The lowest BCUT2D eigenvalue weighted by Crippen LogP contribution is -2.51. The predicted molar refractivity (Wildman–Crippen MR) is 134 cm³/mol. The number of aryl methyl sites for hydroxylation is 1. The average molecular weight is 467 g/mol. The highest BCUT2D eigenvalue weighted by Gasteiger charge is 2.35. The van der Waals surface area contributed by atoms with Crippen molar-refractivity contribution in [2.24, 2.45) is 0 Å². The molecule has 2 heterocycles. The van der Waals surface area contributed by atoms with Crippen LogP contribution < -0.4 is 9.47 Å². The smallest absolute Gasteiger partial charge is 0.257 e. The van der Waals surface area contributed by atoms with Crippen LogP contribution in [0.5, 0.6) is 11.5 Å². The molecule has 184 valence electrons. The maximum atomic E-state index is 13.6. The number of nitrogens with zero attached hydrogens (tertiary/aromatic N) is 2. The molecular weight excluding hydrogens is 428 g/mol. The van der Waals surface area contributed by atoms with E-state index in [4.69, 9.17) is 14.2 Å². The maximum Gasteiger partial charge on any atom is 0.257 e. The number of benzene rings is 2. The highest BCUT2D eigenvalue weighted by Crippen LogP contribution is 2.29. The number of fused-ring (bicyclic) bond motifs is 2. The van der Waals surface area contributed by atoms with Gasteiger partial charge in [0.15, 0.2) is 0 Å². The van der Waals surface area contributed by atoms with Crippen molar-refractivity contribution in [2.75, 3.05) is 40.5 Å². The monoisotopic (exact) mass is 466 g/mol. The Kier molecular flexibility index (Phi) is 8.46. The Morgan fingerprint density at radius 2 is 1.85 bits per heavy atom. The third kappa shape index (κ3) is 5.73. The number of hydrogen-bond acceptors (Lipinski definition) is 5. The summed E-state index contributed by atoms with van der Waals surface area (Å²) in [5.41, 5.74) is 3.19. The van der Waals surface area contributed by atoms with Crippen LogP contribution in [0.25, 0.3) is 0 Å². The number of piperidine rings is 1. The van der Waals surface area contributed by atoms with Gasteiger partial charge >= 0.3 is 0 Å². The summed E-state index contributed by atoms with van der Waals surface area (Å²) in [5, 5.41) is 0. The molecule has 0 saturated carbocycles. The van der Waals surface area contributed by atoms with E-state index in [0.717, 1.165) is 64.0 Å². The zero-order valence-electron chi connectivity index (χ0n) is 20.8. The molecule has 2 aliphatic heterocycles. The summed E-state index contributed by atoms with van der Waals surface area (Å²) in [4.78, 5) is 18.1. The van der Waals surface area contributed by atoms with Gasteiger partial charge in [-0.25, -0.2) is 0 Å². The lowest BCUT2D eigenvalue weighted by molar-refractivity contribution is -0.0155. The van der Waals surface area contributed by atoms with Crippen LogP contribution in [0.2, 0.25) is 0 Å². The molecule has 1 amide bonds. The molecule has 6 nitrogen and oxygen atoms in total. The Labute approximate surface area is 203 Å². The first-order valence-electron chi connectivity index (χ1n) is 12.5. The number of para-hydroxylation sites is 1. The summed E-state index contributed by atoms with van der Waals surface area (Å²) in [5.74, 6) is 1.62. The number of hydrogen-bond donors (Lipinski definition) is 0.